The van der Waals surface area contributed by atoms with Crippen LogP contribution < -0.4 is 11.1 Å². The Balaban J connectivity index is 2.16. The number of benzene rings is 1. The van der Waals surface area contributed by atoms with Gasteiger partial charge in [0, 0.05) is 28.7 Å². The van der Waals surface area contributed by atoms with Gasteiger partial charge in [-0.3, -0.25) is 0 Å². The third kappa shape index (κ3) is 3.17. The zero-order valence-electron chi connectivity index (χ0n) is 10.5. The Kier molecular flexibility index (Phi) is 4.75. The molecule has 0 bridgehead atoms. The molecule has 1 saturated carbocycles. The van der Waals surface area contributed by atoms with E-state index < -0.39 is 0 Å². The van der Waals surface area contributed by atoms with E-state index in [1.54, 1.807) is 0 Å². The molecule has 1 fully saturated rings. The Labute approximate surface area is 108 Å². The van der Waals surface area contributed by atoms with Crippen molar-refractivity contribution in [3.05, 3.63) is 23.8 Å². The van der Waals surface area contributed by atoms with E-state index in [4.69, 9.17) is 5.73 Å². The summed E-state index contributed by atoms with van der Waals surface area (Å²) in [6.07, 6.45) is 5.32. The lowest BCUT2D eigenvalue weighted by Gasteiger charge is -2.18. The van der Waals surface area contributed by atoms with Crippen LogP contribution in [0.3, 0.4) is 0 Å². The van der Waals surface area contributed by atoms with Crippen molar-refractivity contribution >= 4 is 17.4 Å². The van der Waals surface area contributed by atoms with Crippen molar-refractivity contribution in [2.45, 2.75) is 50.1 Å². The van der Waals surface area contributed by atoms with E-state index in [2.05, 4.69) is 30.4 Å². The van der Waals surface area contributed by atoms with Gasteiger partial charge < -0.3 is 11.1 Å². The first-order valence-electron chi connectivity index (χ1n) is 6.56. The minimum atomic E-state index is 0.623. The summed E-state index contributed by atoms with van der Waals surface area (Å²) in [6.45, 7) is 2.81. The molecular weight excluding hydrogens is 228 g/mol. The molecule has 94 valence electrons. The smallest absolute Gasteiger partial charge is 0.0399 e. The van der Waals surface area contributed by atoms with Crippen LogP contribution in [0.2, 0.25) is 0 Å². The zero-order chi connectivity index (χ0) is 12.1. The van der Waals surface area contributed by atoms with E-state index in [0.29, 0.717) is 12.6 Å². The fourth-order valence-electron chi connectivity index (χ4n) is 2.49. The Bertz CT molecular complexity index is 359. The first-order valence-corrected chi connectivity index (χ1v) is 7.55. The number of hydrogen-bond acceptors (Lipinski definition) is 3. The highest BCUT2D eigenvalue weighted by molar-refractivity contribution is 7.99. The van der Waals surface area contributed by atoms with Crippen molar-refractivity contribution in [1.29, 1.82) is 0 Å². The molecule has 0 radical (unpaired) electrons. The van der Waals surface area contributed by atoms with Gasteiger partial charge in [-0.2, -0.15) is 0 Å². The number of thioether (sulfide) groups is 1. The molecule has 0 unspecified atom stereocenters. The maximum Gasteiger partial charge on any atom is 0.0399 e. The molecule has 3 N–H and O–H groups in total. The molecule has 0 atom stereocenters. The van der Waals surface area contributed by atoms with E-state index in [0.717, 1.165) is 5.75 Å². The van der Waals surface area contributed by atoms with E-state index in [-0.39, 0.29) is 0 Å². The second kappa shape index (κ2) is 6.31. The highest BCUT2D eigenvalue weighted by Gasteiger charge is 2.16. The summed E-state index contributed by atoms with van der Waals surface area (Å²) in [5, 5.41) is 3.67. The molecule has 17 heavy (non-hydrogen) atoms. The van der Waals surface area contributed by atoms with Gasteiger partial charge in [-0.25, -0.2) is 0 Å². The predicted molar refractivity (Wildman–Crippen MR) is 76.6 cm³/mol. The molecule has 0 aliphatic heterocycles. The van der Waals surface area contributed by atoms with Crippen LogP contribution in [-0.2, 0) is 6.54 Å². The number of anilines is 1. The van der Waals surface area contributed by atoms with E-state index >= 15 is 0 Å². The quantitative estimate of drug-likeness (QED) is 0.784. The molecule has 0 amide bonds. The molecule has 1 aliphatic rings. The van der Waals surface area contributed by atoms with Crippen molar-refractivity contribution in [3.63, 3.8) is 0 Å². The van der Waals surface area contributed by atoms with E-state index in [1.165, 1.54) is 41.8 Å². The Hall–Kier alpha value is -0.670. The van der Waals surface area contributed by atoms with Gasteiger partial charge in [0.15, 0.2) is 0 Å². The van der Waals surface area contributed by atoms with Gasteiger partial charge in [0.2, 0.25) is 0 Å². The number of nitrogens with two attached hydrogens (primary N) is 1. The normalized spacial score (nSPS) is 16.4. The lowest BCUT2D eigenvalue weighted by Crippen LogP contribution is -2.17. The van der Waals surface area contributed by atoms with Crippen LogP contribution in [0.5, 0.6) is 0 Å². The fraction of sp³-hybridized carbons (Fsp3) is 0.571. The van der Waals surface area contributed by atoms with Crippen molar-refractivity contribution in [2.24, 2.45) is 5.73 Å². The molecular formula is C14H22N2S. The van der Waals surface area contributed by atoms with Gasteiger partial charge in [0.25, 0.3) is 0 Å². The Morgan fingerprint density at radius 1 is 1.35 bits per heavy atom. The van der Waals surface area contributed by atoms with Gasteiger partial charge in [-0.15, -0.1) is 11.8 Å². The van der Waals surface area contributed by atoms with Gasteiger partial charge in [-0.1, -0.05) is 25.8 Å². The molecule has 2 nitrogen and oxygen atoms in total. The first kappa shape index (κ1) is 12.8. The van der Waals surface area contributed by atoms with Crippen molar-refractivity contribution < 1.29 is 0 Å². The van der Waals surface area contributed by atoms with E-state index in [1.807, 2.05) is 11.8 Å². The van der Waals surface area contributed by atoms with Crippen molar-refractivity contribution in [3.8, 4) is 0 Å². The van der Waals surface area contributed by atoms with Crippen molar-refractivity contribution in [1.82, 2.24) is 0 Å². The van der Waals surface area contributed by atoms with Crippen LogP contribution in [0.4, 0.5) is 5.69 Å². The third-order valence-corrected chi connectivity index (χ3v) is 4.33. The number of nitrogens with one attached hydrogen (secondary N) is 1. The van der Waals surface area contributed by atoms with Crippen molar-refractivity contribution in [2.75, 3.05) is 11.1 Å². The second-order valence-electron chi connectivity index (χ2n) is 4.55. The van der Waals surface area contributed by atoms with Gasteiger partial charge in [0.1, 0.15) is 0 Å². The van der Waals surface area contributed by atoms with Gasteiger partial charge in [-0.05, 0) is 30.7 Å². The maximum absolute atomic E-state index is 5.90. The summed E-state index contributed by atoms with van der Waals surface area (Å²) in [4.78, 5) is 1.33. The molecule has 0 aromatic heterocycles. The van der Waals surface area contributed by atoms with Gasteiger partial charge in [0.05, 0.1) is 0 Å². The SMILES string of the molecule is CCSc1cccc(NC2CCCC2)c1CN. The summed E-state index contributed by atoms with van der Waals surface area (Å²) in [5.74, 6) is 1.10. The van der Waals surface area contributed by atoms with Crippen LogP contribution in [-0.4, -0.2) is 11.8 Å². The van der Waals surface area contributed by atoms with Gasteiger partial charge >= 0.3 is 0 Å². The number of rotatable bonds is 5. The highest BCUT2D eigenvalue weighted by atomic mass is 32.2. The molecule has 0 saturated heterocycles. The lowest BCUT2D eigenvalue weighted by atomic mass is 10.1. The molecule has 1 aromatic rings. The molecule has 1 aliphatic carbocycles. The Morgan fingerprint density at radius 2 is 2.12 bits per heavy atom. The summed E-state index contributed by atoms with van der Waals surface area (Å²) in [6, 6.07) is 7.13. The molecule has 0 heterocycles. The van der Waals surface area contributed by atoms with E-state index in [9.17, 15) is 0 Å². The fourth-order valence-corrected chi connectivity index (χ4v) is 3.35. The van der Waals surface area contributed by atoms with Crippen LogP contribution in [0.25, 0.3) is 0 Å². The topological polar surface area (TPSA) is 38.0 Å². The summed E-state index contributed by atoms with van der Waals surface area (Å²) in [7, 11) is 0. The minimum Gasteiger partial charge on any atom is -0.382 e. The largest absolute Gasteiger partial charge is 0.382 e. The van der Waals surface area contributed by atoms with Crippen LogP contribution >= 0.6 is 11.8 Å². The molecule has 2 rings (SSSR count). The average molecular weight is 250 g/mol. The van der Waals surface area contributed by atoms with Crippen LogP contribution in [0.15, 0.2) is 23.1 Å². The number of hydrogen-bond donors (Lipinski definition) is 2. The predicted octanol–water partition coefficient (Wildman–Crippen LogP) is 3.61. The highest BCUT2D eigenvalue weighted by Crippen LogP contribution is 2.30. The summed E-state index contributed by atoms with van der Waals surface area (Å²) >= 11 is 1.88. The second-order valence-corrected chi connectivity index (χ2v) is 5.85. The average Bonchev–Trinajstić information content (AvgIpc) is 2.83. The summed E-state index contributed by atoms with van der Waals surface area (Å²) in [5.41, 5.74) is 8.43. The third-order valence-electron chi connectivity index (χ3n) is 3.35. The lowest BCUT2D eigenvalue weighted by molar-refractivity contribution is 0.752. The summed E-state index contributed by atoms with van der Waals surface area (Å²) < 4.78 is 0. The minimum absolute atomic E-state index is 0.623. The van der Waals surface area contributed by atoms with Crippen LogP contribution in [0.1, 0.15) is 38.2 Å². The first-order chi connectivity index (χ1) is 8.35. The Morgan fingerprint density at radius 3 is 2.76 bits per heavy atom. The molecule has 0 spiro atoms. The zero-order valence-corrected chi connectivity index (χ0v) is 11.4. The molecule has 1 aromatic carbocycles. The monoisotopic (exact) mass is 250 g/mol. The molecule has 3 heteroatoms. The maximum atomic E-state index is 5.90. The van der Waals surface area contributed by atoms with Crippen LogP contribution in [0, 0.1) is 0 Å². The standard InChI is InChI=1S/C14H22N2S/c1-2-17-14-9-5-8-13(12(14)10-15)16-11-6-3-4-7-11/h5,8-9,11,16H,2-4,6-7,10,15H2,1H3.